The Morgan fingerprint density at radius 1 is 1.67 bits per heavy atom. The molecule has 0 aromatic carbocycles. The predicted octanol–water partition coefficient (Wildman–Crippen LogP) is 1.97. The SMILES string of the molecule is CNCCn1c(=S)[nH]c2c(Cl)nccc21. The highest BCUT2D eigenvalue weighted by Crippen LogP contribution is 2.19. The van der Waals surface area contributed by atoms with Crippen molar-refractivity contribution in [3.8, 4) is 0 Å². The van der Waals surface area contributed by atoms with Gasteiger partial charge in [0.2, 0.25) is 0 Å². The first kappa shape index (κ1) is 10.6. The zero-order valence-electron chi connectivity index (χ0n) is 8.25. The van der Waals surface area contributed by atoms with Crippen LogP contribution in [0.25, 0.3) is 11.0 Å². The van der Waals surface area contributed by atoms with Crippen molar-refractivity contribution in [1.82, 2.24) is 19.9 Å². The van der Waals surface area contributed by atoms with E-state index in [0.717, 1.165) is 24.1 Å². The molecule has 2 rings (SSSR count). The molecule has 2 heterocycles. The monoisotopic (exact) mass is 242 g/mol. The number of rotatable bonds is 3. The molecule has 0 saturated carbocycles. The van der Waals surface area contributed by atoms with Crippen molar-refractivity contribution in [2.75, 3.05) is 13.6 Å². The standard InChI is InChI=1S/C9H11ClN4S/c1-11-4-5-14-6-2-3-12-8(10)7(6)13-9(14)15/h2-3,11H,4-5H2,1H3,(H,13,15). The van der Waals surface area contributed by atoms with Gasteiger partial charge in [0, 0.05) is 19.3 Å². The van der Waals surface area contributed by atoms with Gasteiger partial charge in [0.05, 0.1) is 5.52 Å². The van der Waals surface area contributed by atoms with Gasteiger partial charge < -0.3 is 14.9 Å². The second kappa shape index (κ2) is 4.30. The molecule has 0 bridgehead atoms. The van der Waals surface area contributed by atoms with Crippen molar-refractivity contribution in [2.45, 2.75) is 6.54 Å². The van der Waals surface area contributed by atoms with Crippen molar-refractivity contribution in [3.05, 3.63) is 22.2 Å². The highest BCUT2D eigenvalue weighted by atomic mass is 35.5. The lowest BCUT2D eigenvalue weighted by Crippen LogP contribution is -2.14. The summed E-state index contributed by atoms with van der Waals surface area (Å²) in [6.45, 7) is 1.68. The third-order valence-corrected chi connectivity index (χ3v) is 2.85. The molecule has 0 radical (unpaired) electrons. The molecular weight excluding hydrogens is 232 g/mol. The number of nitrogens with zero attached hydrogens (tertiary/aromatic N) is 2. The average molecular weight is 243 g/mol. The molecule has 0 fully saturated rings. The van der Waals surface area contributed by atoms with Crippen LogP contribution in [-0.2, 0) is 6.54 Å². The second-order valence-corrected chi connectivity index (χ2v) is 3.93. The highest BCUT2D eigenvalue weighted by molar-refractivity contribution is 7.71. The van der Waals surface area contributed by atoms with Gasteiger partial charge in [-0.25, -0.2) is 4.98 Å². The lowest BCUT2D eigenvalue weighted by Gasteiger charge is -2.03. The minimum atomic E-state index is 0.460. The molecule has 0 saturated heterocycles. The normalized spacial score (nSPS) is 11.1. The summed E-state index contributed by atoms with van der Waals surface area (Å²) in [5.41, 5.74) is 1.80. The maximum absolute atomic E-state index is 5.96. The maximum atomic E-state index is 5.96. The number of imidazole rings is 1. The Morgan fingerprint density at radius 2 is 2.47 bits per heavy atom. The lowest BCUT2D eigenvalue weighted by atomic mass is 10.4. The van der Waals surface area contributed by atoms with E-state index < -0.39 is 0 Å². The van der Waals surface area contributed by atoms with Gasteiger partial charge in [0.25, 0.3) is 0 Å². The van der Waals surface area contributed by atoms with Crippen LogP contribution in [0.15, 0.2) is 12.3 Å². The molecule has 0 aliphatic carbocycles. The topological polar surface area (TPSA) is 45.6 Å². The summed E-state index contributed by atoms with van der Waals surface area (Å²) in [6, 6.07) is 1.91. The van der Waals surface area contributed by atoms with E-state index >= 15 is 0 Å². The van der Waals surface area contributed by atoms with Crippen LogP contribution in [-0.4, -0.2) is 28.1 Å². The molecule has 15 heavy (non-hydrogen) atoms. The van der Waals surface area contributed by atoms with Crippen molar-refractivity contribution < 1.29 is 0 Å². The number of likely N-dealkylation sites (N-methyl/N-ethyl adjacent to an activating group) is 1. The quantitative estimate of drug-likeness (QED) is 0.639. The summed E-state index contributed by atoms with van der Waals surface area (Å²) in [6.07, 6.45) is 1.68. The van der Waals surface area contributed by atoms with Crippen LogP contribution in [0.1, 0.15) is 0 Å². The third-order valence-electron chi connectivity index (χ3n) is 2.24. The Morgan fingerprint density at radius 3 is 3.20 bits per heavy atom. The van der Waals surface area contributed by atoms with Gasteiger partial charge >= 0.3 is 0 Å². The van der Waals surface area contributed by atoms with Gasteiger partial charge in [-0.2, -0.15) is 0 Å². The molecule has 4 nitrogen and oxygen atoms in total. The fourth-order valence-corrected chi connectivity index (χ4v) is 1.99. The number of pyridine rings is 1. The minimum absolute atomic E-state index is 0.460. The van der Waals surface area contributed by atoms with Crippen molar-refractivity contribution >= 4 is 34.9 Å². The van der Waals surface area contributed by atoms with Crippen molar-refractivity contribution in [3.63, 3.8) is 0 Å². The Kier molecular flexibility index (Phi) is 3.04. The summed E-state index contributed by atoms with van der Waals surface area (Å²) in [4.78, 5) is 7.06. The lowest BCUT2D eigenvalue weighted by molar-refractivity contribution is 0.652. The molecule has 0 atom stereocenters. The fourth-order valence-electron chi connectivity index (χ4n) is 1.50. The van der Waals surface area contributed by atoms with Crippen LogP contribution in [0.3, 0.4) is 0 Å². The number of aromatic amines is 1. The number of nitrogens with one attached hydrogen (secondary N) is 2. The second-order valence-electron chi connectivity index (χ2n) is 3.18. The Labute approximate surface area is 97.3 Å². The largest absolute Gasteiger partial charge is 0.328 e. The molecule has 2 aromatic heterocycles. The van der Waals surface area contributed by atoms with Gasteiger partial charge in [0.1, 0.15) is 5.52 Å². The molecule has 0 aliphatic rings. The van der Waals surface area contributed by atoms with Crippen LogP contribution in [0.5, 0.6) is 0 Å². The van der Waals surface area contributed by atoms with Crippen LogP contribution < -0.4 is 5.32 Å². The highest BCUT2D eigenvalue weighted by Gasteiger charge is 2.06. The van der Waals surface area contributed by atoms with Gasteiger partial charge in [-0.15, -0.1) is 0 Å². The molecule has 0 spiro atoms. The van der Waals surface area contributed by atoms with Crippen molar-refractivity contribution in [1.29, 1.82) is 0 Å². The van der Waals surface area contributed by atoms with Gasteiger partial charge in [-0.05, 0) is 25.3 Å². The first-order valence-electron chi connectivity index (χ1n) is 4.61. The first-order valence-corrected chi connectivity index (χ1v) is 5.40. The van der Waals surface area contributed by atoms with E-state index in [1.807, 2.05) is 17.7 Å². The molecular formula is C9H11ClN4S. The van der Waals surface area contributed by atoms with Gasteiger partial charge in [0.15, 0.2) is 9.92 Å². The molecule has 2 aromatic rings. The summed E-state index contributed by atoms with van der Waals surface area (Å²) in [5.74, 6) is 0. The zero-order chi connectivity index (χ0) is 10.8. The van der Waals surface area contributed by atoms with E-state index in [2.05, 4.69) is 15.3 Å². The zero-order valence-corrected chi connectivity index (χ0v) is 9.82. The van der Waals surface area contributed by atoms with Gasteiger partial charge in [-0.3, -0.25) is 0 Å². The van der Waals surface area contributed by atoms with Crippen LogP contribution in [0.4, 0.5) is 0 Å². The Balaban J connectivity index is 2.58. The van der Waals surface area contributed by atoms with Crippen LogP contribution >= 0.6 is 23.8 Å². The maximum Gasteiger partial charge on any atom is 0.178 e. The third kappa shape index (κ3) is 1.90. The first-order chi connectivity index (χ1) is 7.24. The molecule has 0 amide bonds. The van der Waals surface area contributed by atoms with E-state index in [9.17, 15) is 0 Å². The molecule has 0 unspecified atom stereocenters. The molecule has 0 aliphatic heterocycles. The number of H-pyrrole nitrogens is 1. The van der Waals surface area contributed by atoms with E-state index in [1.165, 1.54) is 0 Å². The number of hydrogen-bond acceptors (Lipinski definition) is 3. The smallest absolute Gasteiger partial charge is 0.178 e. The minimum Gasteiger partial charge on any atom is -0.328 e. The number of fused-ring (bicyclic) bond motifs is 1. The molecule has 6 heteroatoms. The summed E-state index contributed by atoms with van der Waals surface area (Å²) >= 11 is 11.2. The van der Waals surface area contributed by atoms with Gasteiger partial charge in [-0.1, -0.05) is 11.6 Å². The summed E-state index contributed by atoms with van der Waals surface area (Å²) < 4.78 is 2.68. The van der Waals surface area contributed by atoms with E-state index in [0.29, 0.717) is 9.92 Å². The van der Waals surface area contributed by atoms with Crippen molar-refractivity contribution in [2.24, 2.45) is 0 Å². The molecule has 80 valence electrons. The molecule has 2 N–H and O–H groups in total. The average Bonchev–Trinajstić information content (AvgIpc) is 2.54. The summed E-state index contributed by atoms with van der Waals surface area (Å²) in [7, 11) is 1.91. The van der Waals surface area contributed by atoms with Crippen LogP contribution in [0, 0.1) is 4.77 Å². The predicted molar refractivity (Wildman–Crippen MR) is 63.9 cm³/mol. The number of aromatic nitrogens is 3. The van der Waals surface area contributed by atoms with E-state index in [-0.39, 0.29) is 0 Å². The Bertz CT molecular complexity index is 530. The van der Waals surface area contributed by atoms with E-state index in [4.69, 9.17) is 23.8 Å². The Hall–Kier alpha value is -0.910. The van der Waals surface area contributed by atoms with Crippen LogP contribution in [0.2, 0.25) is 5.15 Å². The number of halogens is 1. The summed E-state index contributed by atoms with van der Waals surface area (Å²) in [5, 5.41) is 3.54. The number of hydrogen-bond donors (Lipinski definition) is 2. The van der Waals surface area contributed by atoms with E-state index in [1.54, 1.807) is 6.20 Å². The fraction of sp³-hybridized carbons (Fsp3) is 0.333.